The summed E-state index contributed by atoms with van der Waals surface area (Å²) in [6.07, 6.45) is 12.0. The summed E-state index contributed by atoms with van der Waals surface area (Å²) in [6.45, 7) is 9.42. The number of unbranched alkanes of at least 4 members (excludes halogenated alkanes) is 1. The molecule has 6 heteroatoms. The van der Waals surface area contributed by atoms with Crippen LogP contribution >= 0.6 is 11.6 Å². The SMILES string of the molecule is C=C1C=C(C(=O)N2CC3CC3(C(=O)C3CCC3)C2)C=CN1/C(Cl)=C(\CCCC)c1ccccc1-c1ccc(C)cc1F. The Balaban J connectivity index is 1.25. The van der Waals surface area contributed by atoms with E-state index in [2.05, 4.69) is 13.5 Å². The summed E-state index contributed by atoms with van der Waals surface area (Å²) in [5.41, 5.74) is 4.80. The number of hydrogen-bond acceptors (Lipinski definition) is 3. The van der Waals surface area contributed by atoms with Gasteiger partial charge in [0.25, 0.3) is 5.91 Å². The summed E-state index contributed by atoms with van der Waals surface area (Å²) in [4.78, 5) is 30.2. The summed E-state index contributed by atoms with van der Waals surface area (Å²) in [5, 5.41) is 0.486. The first-order valence-electron chi connectivity index (χ1n) is 15.2. The zero-order valence-corrected chi connectivity index (χ0v) is 25.2. The van der Waals surface area contributed by atoms with Gasteiger partial charge in [-0.1, -0.05) is 74.3 Å². The van der Waals surface area contributed by atoms with Gasteiger partial charge in [-0.15, -0.1) is 0 Å². The van der Waals surface area contributed by atoms with E-state index < -0.39 is 0 Å². The van der Waals surface area contributed by atoms with Gasteiger partial charge < -0.3 is 9.80 Å². The molecule has 2 aliphatic heterocycles. The minimum Gasteiger partial charge on any atom is -0.337 e. The molecule has 2 aliphatic carbocycles. The molecule has 3 fully saturated rings. The highest BCUT2D eigenvalue weighted by molar-refractivity contribution is 6.32. The third kappa shape index (κ3) is 5.06. The number of nitrogens with zero attached hydrogens (tertiary/aromatic N) is 2. The van der Waals surface area contributed by atoms with Crippen LogP contribution in [0.1, 0.15) is 63.0 Å². The van der Waals surface area contributed by atoms with Crippen molar-refractivity contribution in [2.24, 2.45) is 17.3 Å². The van der Waals surface area contributed by atoms with Crippen LogP contribution in [0.4, 0.5) is 4.39 Å². The van der Waals surface area contributed by atoms with E-state index in [1.54, 1.807) is 29.3 Å². The van der Waals surface area contributed by atoms with Gasteiger partial charge in [0.15, 0.2) is 0 Å². The molecule has 2 aromatic rings. The van der Waals surface area contributed by atoms with Crippen LogP contribution in [0.15, 0.2) is 83.8 Å². The largest absolute Gasteiger partial charge is 0.337 e. The molecule has 2 heterocycles. The van der Waals surface area contributed by atoms with E-state index in [-0.39, 0.29) is 23.1 Å². The number of carbonyl (C=O) groups excluding carboxylic acids is 2. The minimum atomic E-state index is -0.298. The molecular formula is C36H38ClFN2O2. The molecule has 2 atom stereocenters. The zero-order valence-electron chi connectivity index (χ0n) is 24.5. The van der Waals surface area contributed by atoms with Crippen molar-refractivity contribution >= 4 is 28.9 Å². The zero-order chi connectivity index (χ0) is 29.6. The normalized spacial score (nSPS) is 23.8. The number of rotatable bonds is 9. The number of likely N-dealkylation sites (tertiary alicyclic amines) is 1. The Kier molecular flexibility index (Phi) is 7.74. The molecule has 0 spiro atoms. The lowest BCUT2D eigenvalue weighted by Crippen LogP contribution is -2.38. The second kappa shape index (κ2) is 11.3. The molecule has 218 valence electrons. The Labute approximate surface area is 253 Å². The van der Waals surface area contributed by atoms with Crippen molar-refractivity contribution in [3.8, 4) is 11.1 Å². The number of amides is 1. The fourth-order valence-corrected chi connectivity index (χ4v) is 7.18. The third-order valence-electron chi connectivity index (χ3n) is 9.59. The van der Waals surface area contributed by atoms with Gasteiger partial charge in [0.05, 0.1) is 5.41 Å². The lowest BCUT2D eigenvalue weighted by molar-refractivity contribution is -0.132. The molecule has 1 amide bonds. The molecule has 42 heavy (non-hydrogen) atoms. The van der Waals surface area contributed by atoms with Gasteiger partial charge in [-0.2, -0.15) is 0 Å². The van der Waals surface area contributed by atoms with Gasteiger partial charge in [-0.05, 0) is 85.4 Å². The van der Waals surface area contributed by atoms with Gasteiger partial charge in [0.2, 0.25) is 0 Å². The molecule has 6 rings (SSSR count). The average Bonchev–Trinajstić information content (AvgIpc) is 3.52. The van der Waals surface area contributed by atoms with Crippen LogP contribution in [0.5, 0.6) is 0 Å². The Hall–Kier alpha value is -3.44. The summed E-state index contributed by atoms with van der Waals surface area (Å²) < 4.78 is 15.1. The topological polar surface area (TPSA) is 40.6 Å². The predicted molar refractivity (Wildman–Crippen MR) is 167 cm³/mol. The molecule has 2 unspecified atom stereocenters. The van der Waals surface area contributed by atoms with Gasteiger partial charge in [-0.25, -0.2) is 4.39 Å². The third-order valence-corrected chi connectivity index (χ3v) is 10.00. The molecule has 0 radical (unpaired) electrons. The molecule has 2 saturated carbocycles. The molecule has 0 N–H and O–H groups in total. The fraction of sp³-hybridized carbons (Fsp3) is 0.389. The molecule has 4 aliphatic rings. The monoisotopic (exact) mass is 584 g/mol. The van der Waals surface area contributed by atoms with Gasteiger partial charge in [-0.3, -0.25) is 9.59 Å². The molecule has 0 bridgehead atoms. The number of fused-ring (bicyclic) bond motifs is 1. The smallest absolute Gasteiger partial charge is 0.254 e. The van der Waals surface area contributed by atoms with E-state index in [9.17, 15) is 9.59 Å². The molecule has 0 aromatic heterocycles. The molecule has 2 aromatic carbocycles. The van der Waals surface area contributed by atoms with E-state index in [1.165, 1.54) is 0 Å². The first-order chi connectivity index (χ1) is 20.2. The number of Topliss-reactive ketones (excluding diaryl/α,β-unsaturated/α-hetero) is 1. The first-order valence-corrected chi connectivity index (χ1v) is 15.6. The van der Waals surface area contributed by atoms with Crippen molar-refractivity contribution in [2.45, 2.75) is 58.8 Å². The average molecular weight is 585 g/mol. The van der Waals surface area contributed by atoms with Crippen molar-refractivity contribution in [3.05, 3.63) is 101 Å². The van der Waals surface area contributed by atoms with Crippen molar-refractivity contribution < 1.29 is 14.0 Å². The lowest BCUT2D eigenvalue weighted by atomic mass is 9.76. The van der Waals surface area contributed by atoms with Gasteiger partial charge in [0.1, 0.15) is 16.8 Å². The number of halogens is 2. The number of piperidine rings is 1. The Bertz CT molecular complexity index is 1550. The molecular weight excluding hydrogens is 547 g/mol. The predicted octanol–water partition coefficient (Wildman–Crippen LogP) is 8.39. The molecule has 1 saturated heterocycles. The highest BCUT2D eigenvalue weighted by atomic mass is 35.5. The number of aryl methyl sites for hydroxylation is 1. The summed E-state index contributed by atoms with van der Waals surface area (Å²) in [7, 11) is 0. The second-order valence-corrected chi connectivity index (χ2v) is 12.8. The van der Waals surface area contributed by atoms with Crippen molar-refractivity contribution in [3.63, 3.8) is 0 Å². The second-order valence-electron chi connectivity index (χ2n) is 12.4. The number of benzene rings is 2. The van der Waals surface area contributed by atoms with Crippen LogP contribution in [0, 0.1) is 30.0 Å². The van der Waals surface area contributed by atoms with Crippen LogP contribution in [0.2, 0.25) is 0 Å². The van der Waals surface area contributed by atoms with Crippen LogP contribution in [-0.2, 0) is 9.59 Å². The maximum absolute atomic E-state index is 15.1. The van der Waals surface area contributed by atoms with Crippen LogP contribution in [0.3, 0.4) is 0 Å². The van der Waals surface area contributed by atoms with Crippen molar-refractivity contribution in [2.75, 3.05) is 13.1 Å². The summed E-state index contributed by atoms with van der Waals surface area (Å²) in [5.74, 6) is 0.569. The Morgan fingerprint density at radius 2 is 1.93 bits per heavy atom. The highest BCUT2D eigenvalue weighted by Crippen LogP contribution is 2.60. The number of allylic oxidation sites excluding steroid dienone is 2. The quantitative estimate of drug-likeness (QED) is 0.278. The Morgan fingerprint density at radius 3 is 2.62 bits per heavy atom. The van der Waals surface area contributed by atoms with Crippen molar-refractivity contribution in [1.82, 2.24) is 9.80 Å². The first kappa shape index (κ1) is 28.7. The van der Waals surface area contributed by atoms with E-state index in [1.807, 2.05) is 48.2 Å². The number of carbonyl (C=O) groups is 2. The summed E-state index contributed by atoms with van der Waals surface area (Å²) in [6, 6.07) is 13.1. The van der Waals surface area contributed by atoms with Crippen LogP contribution < -0.4 is 0 Å². The maximum atomic E-state index is 15.1. The summed E-state index contributed by atoms with van der Waals surface area (Å²) >= 11 is 7.13. The number of ketones is 1. The van der Waals surface area contributed by atoms with E-state index in [0.717, 1.165) is 60.8 Å². The van der Waals surface area contributed by atoms with Crippen molar-refractivity contribution in [1.29, 1.82) is 0 Å². The van der Waals surface area contributed by atoms with E-state index in [4.69, 9.17) is 11.6 Å². The van der Waals surface area contributed by atoms with E-state index >= 15 is 4.39 Å². The highest BCUT2D eigenvalue weighted by Gasteiger charge is 2.66. The van der Waals surface area contributed by atoms with Crippen LogP contribution in [0.25, 0.3) is 16.7 Å². The molecule has 4 nitrogen and oxygen atoms in total. The van der Waals surface area contributed by atoms with Gasteiger partial charge in [0, 0.05) is 42.0 Å². The van der Waals surface area contributed by atoms with E-state index in [0.29, 0.717) is 53.2 Å². The van der Waals surface area contributed by atoms with Crippen LogP contribution in [-0.4, -0.2) is 34.6 Å². The standard InChI is InChI=1S/C36H38ClFN2O2/c1-4-5-11-31(29-13-7-6-12-28(29)30-15-14-23(2)18-32(30)38)34(37)40-17-16-26(19-24(40)3)35(42)39-21-27-20-36(27,22-39)33(41)25-9-8-10-25/h6-7,12-19,25,27H,3-5,8-11,20-22H2,1-2H3/b34-31+. The Morgan fingerprint density at radius 1 is 1.14 bits per heavy atom. The maximum Gasteiger partial charge on any atom is 0.254 e. The number of hydrogen-bond donors (Lipinski definition) is 0. The minimum absolute atomic E-state index is 0.0634. The fourth-order valence-electron chi connectivity index (χ4n) is 6.82. The lowest BCUT2D eigenvalue weighted by Gasteiger charge is -2.30. The van der Waals surface area contributed by atoms with Gasteiger partial charge >= 0.3 is 0 Å².